The van der Waals surface area contributed by atoms with Crippen molar-refractivity contribution in [2.24, 2.45) is 0 Å². The summed E-state index contributed by atoms with van der Waals surface area (Å²) in [6.07, 6.45) is 3.57. The van der Waals surface area contributed by atoms with Gasteiger partial charge in [0.15, 0.2) is 0 Å². The van der Waals surface area contributed by atoms with Crippen molar-refractivity contribution in [1.29, 1.82) is 0 Å². The summed E-state index contributed by atoms with van der Waals surface area (Å²) < 4.78 is 6.01. The lowest BCUT2D eigenvalue weighted by Crippen LogP contribution is -2.40. The van der Waals surface area contributed by atoms with Gasteiger partial charge >= 0.3 is 0 Å². The fourth-order valence-corrected chi connectivity index (χ4v) is 2.68. The van der Waals surface area contributed by atoms with Crippen molar-refractivity contribution >= 4 is 14.5 Å². The summed E-state index contributed by atoms with van der Waals surface area (Å²) in [5.74, 6) is 2.14. The van der Waals surface area contributed by atoms with Crippen molar-refractivity contribution in [1.82, 2.24) is 4.90 Å². The molecular weight excluding hydrogens is 229 g/mol. The first-order valence-corrected chi connectivity index (χ1v) is 6.95. The van der Waals surface area contributed by atoms with E-state index in [2.05, 4.69) is 49.0 Å². The lowest BCUT2D eigenvalue weighted by Gasteiger charge is -2.35. The molecule has 3 heteroatoms. The Balaban J connectivity index is 3.17. The predicted molar refractivity (Wildman–Crippen MR) is 78.1 cm³/mol. The molecule has 0 radical (unpaired) electrons. The number of rotatable bonds is 5. The summed E-state index contributed by atoms with van der Waals surface area (Å²) in [5.41, 5.74) is 1.25. The molecule has 0 aliphatic rings. The number of aryl methyl sites for hydroxylation is 1. The molecule has 1 aromatic rings. The first-order chi connectivity index (χ1) is 7.84. The normalized spacial score (nSPS) is 15.3. The van der Waals surface area contributed by atoms with Gasteiger partial charge < -0.3 is 4.42 Å². The Kier molecular flexibility index (Phi) is 4.80. The van der Waals surface area contributed by atoms with Crippen LogP contribution < -0.4 is 5.30 Å². The molecule has 1 aromatic heterocycles. The van der Waals surface area contributed by atoms with Gasteiger partial charge in [-0.2, -0.15) is 0 Å². The third kappa shape index (κ3) is 2.74. The fourth-order valence-electron chi connectivity index (χ4n) is 2.11. The number of unbranched alkanes of at least 4 members (excludes halogenated alkanes) is 1. The van der Waals surface area contributed by atoms with Crippen molar-refractivity contribution in [3.8, 4) is 0 Å². The van der Waals surface area contributed by atoms with Gasteiger partial charge in [-0.1, -0.05) is 19.8 Å². The van der Waals surface area contributed by atoms with Gasteiger partial charge in [-0.25, -0.2) is 0 Å². The topological polar surface area (TPSA) is 16.4 Å². The second-order valence-corrected chi connectivity index (χ2v) is 5.88. The smallest absolute Gasteiger partial charge is 0.131 e. The minimum atomic E-state index is -0.00782. The van der Waals surface area contributed by atoms with Crippen LogP contribution in [0.15, 0.2) is 4.42 Å². The van der Waals surface area contributed by atoms with E-state index in [0.717, 1.165) is 17.9 Å². The summed E-state index contributed by atoms with van der Waals surface area (Å²) in [6, 6.07) is 0. The van der Waals surface area contributed by atoms with Crippen LogP contribution in [0.2, 0.25) is 0 Å². The zero-order valence-electron chi connectivity index (χ0n) is 12.1. The molecule has 0 fully saturated rings. The van der Waals surface area contributed by atoms with Crippen molar-refractivity contribution in [2.45, 2.75) is 52.5 Å². The van der Waals surface area contributed by atoms with E-state index in [1.165, 1.54) is 23.7 Å². The first kappa shape index (κ1) is 14.7. The average Bonchev–Trinajstić information content (AvgIpc) is 2.54. The predicted octanol–water partition coefficient (Wildman–Crippen LogP) is 3.36. The minimum Gasteiger partial charge on any atom is -0.463 e. The Labute approximate surface area is 108 Å². The van der Waals surface area contributed by atoms with Crippen molar-refractivity contribution in [3.63, 3.8) is 0 Å². The molecule has 0 N–H and O–H groups in total. The number of hydrogen-bond donors (Lipinski definition) is 0. The van der Waals surface area contributed by atoms with Crippen LogP contribution in [0.3, 0.4) is 0 Å². The second kappa shape index (κ2) is 5.54. The molecule has 2 nitrogen and oxygen atoms in total. The van der Waals surface area contributed by atoms with Crippen LogP contribution in [0, 0.1) is 13.8 Å². The van der Waals surface area contributed by atoms with Gasteiger partial charge in [0.2, 0.25) is 0 Å². The zero-order valence-corrected chi connectivity index (χ0v) is 13.2. The van der Waals surface area contributed by atoms with Crippen molar-refractivity contribution in [3.05, 3.63) is 17.1 Å². The van der Waals surface area contributed by atoms with Crippen LogP contribution in [-0.2, 0) is 5.54 Å². The summed E-state index contributed by atoms with van der Waals surface area (Å²) in [6.45, 7) is 8.67. The Morgan fingerprint density at radius 2 is 1.88 bits per heavy atom. The van der Waals surface area contributed by atoms with Crippen LogP contribution in [-0.4, -0.2) is 19.0 Å². The highest BCUT2D eigenvalue weighted by Crippen LogP contribution is 2.34. The van der Waals surface area contributed by atoms with E-state index in [9.17, 15) is 0 Å². The van der Waals surface area contributed by atoms with Gasteiger partial charge in [0.25, 0.3) is 0 Å². The molecule has 0 aliphatic heterocycles. The first-order valence-electron chi connectivity index (χ1n) is 6.38. The fraction of sp³-hybridized carbons (Fsp3) is 0.714. The molecule has 0 spiro atoms. The Morgan fingerprint density at radius 1 is 1.29 bits per heavy atom. The maximum Gasteiger partial charge on any atom is 0.131 e. The van der Waals surface area contributed by atoms with Crippen LogP contribution in [0.4, 0.5) is 0 Å². The molecule has 98 valence electrons. The summed E-state index contributed by atoms with van der Waals surface area (Å²) in [4.78, 5) is 2.27. The third-order valence-corrected chi connectivity index (χ3v) is 4.62. The molecular formula is C14H26NOP. The molecule has 0 amide bonds. The summed E-state index contributed by atoms with van der Waals surface area (Å²) >= 11 is 0. The Bertz CT molecular complexity index is 384. The molecule has 2 atom stereocenters. The lowest BCUT2D eigenvalue weighted by atomic mass is 9.90. The SMILES string of the molecule is CCCCC(C)(c1oc(C)c(C)c1P)N(C)C. The zero-order chi connectivity index (χ0) is 13.2. The average molecular weight is 255 g/mol. The molecule has 1 heterocycles. The third-order valence-electron chi connectivity index (χ3n) is 3.93. The van der Waals surface area contributed by atoms with E-state index >= 15 is 0 Å². The van der Waals surface area contributed by atoms with Crippen LogP contribution in [0.1, 0.15) is 50.2 Å². The van der Waals surface area contributed by atoms with E-state index in [0.29, 0.717) is 0 Å². The van der Waals surface area contributed by atoms with Crippen LogP contribution >= 0.6 is 9.24 Å². The molecule has 2 unspecified atom stereocenters. The Hall–Kier alpha value is -0.330. The maximum atomic E-state index is 6.01. The molecule has 1 rings (SSSR count). The van der Waals surface area contributed by atoms with E-state index in [1.54, 1.807) is 0 Å². The van der Waals surface area contributed by atoms with E-state index in [4.69, 9.17) is 4.42 Å². The molecule has 0 saturated carbocycles. The Morgan fingerprint density at radius 3 is 2.24 bits per heavy atom. The number of furan rings is 1. The molecule has 0 bridgehead atoms. The van der Waals surface area contributed by atoms with Crippen LogP contribution in [0.25, 0.3) is 0 Å². The van der Waals surface area contributed by atoms with E-state index in [-0.39, 0.29) is 5.54 Å². The molecule has 0 aliphatic carbocycles. The number of nitrogens with zero attached hydrogens (tertiary/aromatic N) is 1. The van der Waals surface area contributed by atoms with Gasteiger partial charge in [0.1, 0.15) is 11.5 Å². The maximum absolute atomic E-state index is 6.01. The highest BCUT2D eigenvalue weighted by Gasteiger charge is 2.34. The van der Waals surface area contributed by atoms with Crippen molar-refractivity contribution < 1.29 is 4.42 Å². The summed E-state index contributed by atoms with van der Waals surface area (Å²) in [7, 11) is 7.11. The highest BCUT2D eigenvalue weighted by atomic mass is 31.0. The second-order valence-electron chi connectivity index (χ2n) is 5.30. The van der Waals surface area contributed by atoms with Gasteiger partial charge in [0.05, 0.1) is 5.54 Å². The van der Waals surface area contributed by atoms with E-state index in [1.807, 2.05) is 6.92 Å². The standard InChI is InChI=1S/C14H26NOP/c1-7-8-9-14(4,15(5)6)13-12(17)10(2)11(3)16-13/h7-9,17H2,1-6H3. The highest BCUT2D eigenvalue weighted by molar-refractivity contribution is 7.27. The quantitative estimate of drug-likeness (QED) is 0.750. The lowest BCUT2D eigenvalue weighted by molar-refractivity contribution is 0.127. The number of hydrogen-bond acceptors (Lipinski definition) is 2. The minimum absolute atomic E-state index is 0.00782. The summed E-state index contributed by atoms with van der Waals surface area (Å²) in [5, 5.41) is 1.23. The van der Waals surface area contributed by atoms with Gasteiger partial charge in [-0.15, -0.1) is 9.24 Å². The van der Waals surface area contributed by atoms with Gasteiger partial charge in [-0.05, 0) is 46.9 Å². The largest absolute Gasteiger partial charge is 0.463 e. The molecule has 0 aromatic carbocycles. The molecule has 17 heavy (non-hydrogen) atoms. The van der Waals surface area contributed by atoms with Gasteiger partial charge in [-0.3, -0.25) is 4.90 Å². The van der Waals surface area contributed by atoms with Gasteiger partial charge in [0, 0.05) is 5.30 Å². The van der Waals surface area contributed by atoms with E-state index < -0.39 is 0 Å². The van der Waals surface area contributed by atoms with Crippen molar-refractivity contribution in [2.75, 3.05) is 14.1 Å². The van der Waals surface area contributed by atoms with Crippen LogP contribution in [0.5, 0.6) is 0 Å². The molecule has 0 saturated heterocycles. The monoisotopic (exact) mass is 255 g/mol.